The highest BCUT2D eigenvalue weighted by Gasteiger charge is 2.68. The van der Waals surface area contributed by atoms with Gasteiger partial charge >= 0.3 is 0 Å². The lowest BCUT2D eigenvalue weighted by atomic mass is 9.65. The molecule has 2 aromatic carbocycles. The fourth-order valence-electron chi connectivity index (χ4n) is 4.39. The lowest BCUT2D eigenvalue weighted by Gasteiger charge is -2.36. The van der Waals surface area contributed by atoms with Gasteiger partial charge in [-0.1, -0.05) is 55.5 Å². The van der Waals surface area contributed by atoms with Crippen LogP contribution in [-0.2, 0) is 21.7 Å². The van der Waals surface area contributed by atoms with Crippen LogP contribution in [0.5, 0.6) is 0 Å². The number of rotatable bonds is 3. The molecule has 2 aromatic rings. The molecule has 4 rings (SSSR count). The number of para-hydroxylation sites is 1. The number of hydroxylamine groups is 2. The van der Waals surface area contributed by atoms with E-state index in [2.05, 4.69) is 24.0 Å². The molecule has 4 nitrogen and oxygen atoms in total. The molecule has 0 bridgehead atoms. The van der Waals surface area contributed by atoms with Crippen molar-refractivity contribution < 1.29 is 9.63 Å². The van der Waals surface area contributed by atoms with Gasteiger partial charge < -0.3 is 4.90 Å². The maximum absolute atomic E-state index is 13.2. The highest BCUT2D eigenvalue weighted by molar-refractivity contribution is 5.90. The summed E-state index contributed by atoms with van der Waals surface area (Å²) in [6, 6.07) is 18.3. The Labute approximate surface area is 149 Å². The topological polar surface area (TPSA) is 32.8 Å². The summed E-state index contributed by atoms with van der Waals surface area (Å²) in [5, 5.41) is 1.60. The zero-order chi connectivity index (χ0) is 17.8. The Balaban J connectivity index is 1.73. The van der Waals surface area contributed by atoms with Crippen molar-refractivity contribution in [2.45, 2.75) is 39.0 Å². The first-order chi connectivity index (χ1) is 11.9. The molecule has 1 fully saturated rings. The molecule has 0 aliphatic carbocycles. The summed E-state index contributed by atoms with van der Waals surface area (Å²) in [6.07, 6.45) is -0.142. The molecule has 2 heterocycles. The van der Waals surface area contributed by atoms with E-state index in [0.717, 1.165) is 5.56 Å². The van der Waals surface area contributed by atoms with Gasteiger partial charge in [-0.3, -0.25) is 9.63 Å². The van der Waals surface area contributed by atoms with Crippen molar-refractivity contribution >= 4 is 11.6 Å². The van der Waals surface area contributed by atoms with Crippen molar-refractivity contribution in [2.75, 3.05) is 11.9 Å². The molecule has 2 atom stereocenters. The predicted octanol–water partition coefficient (Wildman–Crippen LogP) is 3.72. The molecule has 25 heavy (non-hydrogen) atoms. The normalized spacial score (nSPS) is 26.7. The zero-order valence-electron chi connectivity index (χ0n) is 15.2. The predicted molar refractivity (Wildman–Crippen MR) is 97.8 cm³/mol. The van der Waals surface area contributed by atoms with E-state index in [-0.39, 0.29) is 17.5 Å². The first kappa shape index (κ1) is 16.2. The first-order valence-electron chi connectivity index (χ1n) is 8.72. The van der Waals surface area contributed by atoms with Gasteiger partial charge in [0.05, 0.1) is 5.41 Å². The zero-order valence-corrected chi connectivity index (χ0v) is 15.2. The third kappa shape index (κ3) is 2.00. The van der Waals surface area contributed by atoms with Crippen LogP contribution in [0.4, 0.5) is 5.69 Å². The van der Waals surface area contributed by atoms with E-state index in [1.165, 1.54) is 11.3 Å². The number of anilines is 1. The number of fused-ring (bicyclic) bond motifs is 3. The number of amides is 1. The van der Waals surface area contributed by atoms with Crippen molar-refractivity contribution in [1.29, 1.82) is 0 Å². The summed E-state index contributed by atoms with van der Waals surface area (Å²) in [5.41, 5.74) is 2.57. The van der Waals surface area contributed by atoms with Gasteiger partial charge in [-0.25, -0.2) is 0 Å². The van der Waals surface area contributed by atoms with E-state index >= 15 is 0 Å². The van der Waals surface area contributed by atoms with Gasteiger partial charge in [0.1, 0.15) is 12.8 Å². The van der Waals surface area contributed by atoms with Crippen LogP contribution in [0.3, 0.4) is 0 Å². The van der Waals surface area contributed by atoms with Gasteiger partial charge in [0.15, 0.2) is 0 Å². The average Bonchev–Trinajstić information content (AvgIpc) is 2.94. The van der Waals surface area contributed by atoms with Crippen LogP contribution in [-0.4, -0.2) is 24.2 Å². The molecule has 130 valence electrons. The number of hydrogen-bond acceptors (Lipinski definition) is 3. The number of carbonyl (C=O) groups excluding carboxylic acids is 1. The number of likely N-dealkylation sites (N-methyl/N-ethyl adjacent to an activating group) is 1. The number of nitrogens with zero attached hydrogens (tertiary/aromatic N) is 2. The van der Waals surface area contributed by atoms with Crippen molar-refractivity contribution in [1.82, 2.24) is 5.06 Å². The fourth-order valence-corrected chi connectivity index (χ4v) is 4.39. The molecule has 0 radical (unpaired) electrons. The Hall–Kier alpha value is -2.33. The largest absolute Gasteiger partial charge is 0.351 e. The van der Waals surface area contributed by atoms with Crippen molar-refractivity contribution in [3.8, 4) is 0 Å². The SMILES string of the molecule is CN1c2ccccc2C2(C)C1N(OCc1ccccc1)C(=O)C2(C)C. The first-order valence-corrected chi connectivity index (χ1v) is 8.72. The van der Waals surface area contributed by atoms with Gasteiger partial charge in [-0.2, -0.15) is 5.06 Å². The molecule has 2 aliphatic heterocycles. The van der Waals surface area contributed by atoms with E-state index < -0.39 is 5.41 Å². The summed E-state index contributed by atoms with van der Waals surface area (Å²) < 4.78 is 0. The van der Waals surface area contributed by atoms with E-state index in [0.29, 0.717) is 6.61 Å². The molecule has 1 saturated heterocycles. The third-order valence-electron chi connectivity index (χ3n) is 6.20. The second-order valence-electron chi connectivity index (χ2n) is 7.72. The molecule has 0 spiro atoms. The molecular formula is C21H24N2O2. The van der Waals surface area contributed by atoms with Crippen LogP contribution < -0.4 is 4.90 Å². The van der Waals surface area contributed by atoms with Gasteiger partial charge in [0, 0.05) is 18.2 Å². The quantitative estimate of drug-likeness (QED) is 0.856. The Bertz CT molecular complexity index is 818. The van der Waals surface area contributed by atoms with Crippen LogP contribution in [0.15, 0.2) is 54.6 Å². The van der Waals surface area contributed by atoms with Gasteiger partial charge in [-0.05, 0) is 31.0 Å². The van der Waals surface area contributed by atoms with Gasteiger partial charge in [-0.15, -0.1) is 0 Å². The lowest BCUT2D eigenvalue weighted by Crippen LogP contribution is -2.49. The minimum absolute atomic E-state index is 0.0392. The number of carbonyl (C=O) groups is 1. The standard InChI is InChI=1S/C21H24N2O2/c1-20(2)19(24)23(25-14-15-10-6-5-7-11-15)18-21(20,3)16-12-8-9-13-17(16)22(18)4/h5-13,18H,14H2,1-4H3. The van der Waals surface area contributed by atoms with Crippen LogP contribution in [0.1, 0.15) is 31.9 Å². The molecule has 2 aliphatic rings. The summed E-state index contributed by atoms with van der Waals surface area (Å²) in [4.78, 5) is 21.4. The van der Waals surface area contributed by atoms with Crippen LogP contribution in [0.25, 0.3) is 0 Å². The third-order valence-corrected chi connectivity index (χ3v) is 6.20. The second-order valence-corrected chi connectivity index (χ2v) is 7.72. The highest BCUT2D eigenvalue weighted by atomic mass is 16.7. The van der Waals surface area contributed by atoms with Crippen LogP contribution in [0.2, 0.25) is 0 Å². The van der Waals surface area contributed by atoms with Gasteiger partial charge in [0.2, 0.25) is 0 Å². The Morgan fingerprint density at radius 2 is 1.64 bits per heavy atom. The lowest BCUT2D eigenvalue weighted by molar-refractivity contribution is -0.198. The average molecular weight is 336 g/mol. The number of benzene rings is 2. The Morgan fingerprint density at radius 1 is 1.00 bits per heavy atom. The summed E-state index contributed by atoms with van der Waals surface area (Å²) in [7, 11) is 2.04. The maximum Gasteiger partial charge on any atom is 0.254 e. The van der Waals surface area contributed by atoms with Gasteiger partial charge in [0.25, 0.3) is 5.91 Å². The Morgan fingerprint density at radius 3 is 2.36 bits per heavy atom. The molecule has 0 saturated carbocycles. The van der Waals surface area contributed by atoms with E-state index in [4.69, 9.17) is 4.84 Å². The van der Waals surface area contributed by atoms with Crippen LogP contribution >= 0.6 is 0 Å². The Kier molecular flexibility index (Phi) is 3.45. The summed E-state index contributed by atoms with van der Waals surface area (Å²) >= 11 is 0. The second kappa shape index (κ2) is 5.33. The minimum Gasteiger partial charge on any atom is -0.351 e. The molecular weight excluding hydrogens is 312 g/mol. The fraction of sp³-hybridized carbons (Fsp3) is 0.381. The molecule has 1 amide bonds. The van der Waals surface area contributed by atoms with E-state index in [1.54, 1.807) is 5.06 Å². The number of hydrogen-bond donors (Lipinski definition) is 0. The summed E-state index contributed by atoms with van der Waals surface area (Å²) in [5.74, 6) is 0.0392. The highest BCUT2D eigenvalue weighted by Crippen LogP contribution is 2.59. The van der Waals surface area contributed by atoms with Crippen LogP contribution in [0, 0.1) is 5.41 Å². The van der Waals surface area contributed by atoms with E-state index in [9.17, 15) is 4.79 Å². The molecule has 4 heteroatoms. The summed E-state index contributed by atoms with van der Waals surface area (Å²) in [6.45, 7) is 6.64. The van der Waals surface area contributed by atoms with E-state index in [1.807, 2.05) is 63.4 Å². The molecule has 0 N–H and O–H groups in total. The minimum atomic E-state index is -0.546. The molecule has 2 unspecified atom stereocenters. The molecule has 0 aromatic heterocycles. The monoisotopic (exact) mass is 336 g/mol. The van der Waals surface area contributed by atoms with Crippen molar-refractivity contribution in [2.24, 2.45) is 5.41 Å². The smallest absolute Gasteiger partial charge is 0.254 e. The van der Waals surface area contributed by atoms with Crippen molar-refractivity contribution in [3.63, 3.8) is 0 Å². The maximum atomic E-state index is 13.2. The van der Waals surface area contributed by atoms with Crippen molar-refractivity contribution in [3.05, 3.63) is 65.7 Å².